The van der Waals surface area contributed by atoms with E-state index in [2.05, 4.69) is 26.1 Å². The second-order valence-corrected chi connectivity index (χ2v) is 7.55. The molecule has 1 aliphatic rings. The highest BCUT2D eigenvalue weighted by molar-refractivity contribution is 6.34. The fourth-order valence-corrected chi connectivity index (χ4v) is 2.80. The van der Waals surface area contributed by atoms with Crippen LogP contribution in [0.4, 0.5) is 5.69 Å². The molecule has 0 fully saturated rings. The number of rotatable bonds is 4. The Hall–Kier alpha value is -2.00. The number of aryl methyl sites for hydroxylation is 1. The van der Waals surface area contributed by atoms with Crippen molar-refractivity contribution in [1.29, 1.82) is 5.41 Å². The van der Waals surface area contributed by atoms with Gasteiger partial charge in [-0.3, -0.25) is 0 Å². The van der Waals surface area contributed by atoms with Crippen molar-refractivity contribution >= 4 is 23.0 Å². The molecule has 24 heavy (non-hydrogen) atoms. The zero-order valence-corrected chi connectivity index (χ0v) is 15.5. The van der Waals surface area contributed by atoms with Crippen LogP contribution in [0.25, 0.3) is 0 Å². The summed E-state index contributed by atoms with van der Waals surface area (Å²) in [6.45, 7) is 8.99. The summed E-state index contributed by atoms with van der Waals surface area (Å²) in [6.07, 6.45) is 8.05. The van der Waals surface area contributed by atoms with Crippen LogP contribution in [0.5, 0.6) is 5.75 Å². The lowest BCUT2D eigenvalue weighted by atomic mass is 9.85. The van der Waals surface area contributed by atoms with Crippen LogP contribution in [-0.2, 0) is 5.41 Å². The first-order chi connectivity index (χ1) is 11.2. The molecule has 4 heteroatoms. The third kappa shape index (κ3) is 4.51. The normalized spacial score (nSPS) is 16.5. The van der Waals surface area contributed by atoms with E-state index in [4.69, 9.17) is 17.0 Å². The zero-order valence-electron chi connectivity index (χ0n) is 14.7. The molecule has 0 spiro atoms. The highest BCUT2D eigenvalue weighted by Crippen LogP contribution is 2.37. The van der Waals surface area contributed by atoms with Gasteiger partial charge in [0.15, 0.2) is 0 Å². The maximum absolute atomic E-state index is 10.5. The predicted octanol–water partition coefficient (Wildman–Crippen LogP) is 5.44. The number of aromatic hydroxyl groups is 1. The number of anilines is 1. The summed E-state index contributed by atoms with van der Waals surface area (Å²) in [5.74, 6) is 0.320. The van der Waals surface area contributed by atoms with E-state index >= 15 is 0 Å². The number of phenols is 1. The molecule has 0 atom stereocenters. The Morgan fingerprint density at radius 1 is 1.25 bits per heavy atom. The van der Waals surface area contributed by atoms with Gasteiger partial charge in [0.2, 0.25) is 0 Å². The van der Waals surface area contributed by atoms with Crippen molar-refractivity contribution in [2.24, 2.45) is 0 Å². The largest absolute Gasteiger partial charge is 0.505 e. The van der Waals surface area contributed by atoms with Gasteiger partial charge in [0.1, 0.15) is 5.75 Å². The Kier molecular flexibility index (Phi) is 5.55. The van der Waals surface area contributed by atoms with E-state index in [0.717, 1.165) is 28.8 Å². The van der Waals surface area contributed by atoms with E-state index in [1.54, 1.807) is 12.2 Å². The fourth-order valence-electron chi connectivity index (χ4n) is 2.63. The molecule has 2 rings (SSSR count). The molecule has 1 aromatic carbocycles. The molecule has 128 valence electrons. The highest BCUT2D eigenvalue weighted by Gasteiger charge is 2.20. The standard InChI is InChI=1S/C20H25ClN2O/c1-13-10-16(20(2,3)4)19(24)18(11-13)23-9-5-6-14-7-8-15(21)12-17(14)22/h6-8,10-12,22-24H,5,9H2,1-4H3/b14-6-,22-17?. The summed E-state index contributed by atoms with van der Waals surface area (Å²) in [5.41, 5.74) is 4.01. The number of allylic oxidation sites excluding steroid dienone is 5. The minimum atomic E-state index is -0.109. The zero-order chi connectivity index (χ0) is 17.9. The molecule has 0 radical (unpaired) electrons. The summed E-state index contributed by atoms with van der Waals surface area (Å²) in [7, 11) is 0. The van der Waals surface area contributed by atoms with Gasteiger partial charge >= 0.3 is 0 Å². The van der Waals surface area contributed by atoms with Crippen LogP contribution >= 0.6 is 11.6 Å². The smallest absolute Gasteiger partial charge is 0.142 e. The number of hydrogen-bond acceptors (Lipinski definition) is 3. The highest BCUT2D eigenvalue weighted by atomic mass is 35.5. The molecule has 0 saturated carbocycles. The molecule has 3 N–H and O–H groups in total. The Labute approximate surface area is 149 Å². The summed E-state index contributed by atoms with van der Waals surface area (Å²) in [6, 6.07) is 4.00. The number of phenolic OH excluding ortho intramolecular Hbond substituents is 1. The Morgan fingerprint density at radius 2 is 1.96 bits per heavy atom. The Bertz CT molecular complexity index is 737. The second-order valence-electron chi connectivity index (χ2n) is 7.11. The molecular formula is C20H25ClN2O. The molecule has 0 saturated heterocycles. The first-order valence-electron chi connectivity index (χ1n) is 8.11. The van der Waals surface area contributed by atoms with E-state index in [9.17, 15) is 5.11 Å². The average Bonchev–Trinajstić information content (AvgIpc) is 2.47. The van der Waals surface area contributed by atoms with Gasteiger partial charge in [0, 0.05) is 17.1 Å². The maximum atomic E-state index is 10.5. The summed E-state index contributed by atoms with van der Waals surface area (Å²) >= 11 is 5.87. The van der Waals surface area contributed by atoms with E-state index < -0.39 is 0 Å². The van der Waals surface area contributed by atoms with Gasteiger partial charge < -0.3 is 15.8 Å². The van der Waals surface area contributed by atoms with Crippen molar-refractivity contribution in [3.05, 3.63) is 58.2 Å². The van der Waals surface area contributed by atoms with Crippen molar-refractivity contribution in [2.45, 2.75) is 39.5 Å². The van der Waals surface area contributed by atoms with Crippen molar-refractivity contribution in [3.8, 4) is 5.75 Å². The number of hydrogen-bond donors (Lipinski definition) is 3. The van der Waals surface area contributed by atoms with Gasteiger partial charge in [-0.2, -0.15) is 0 Å². The van der Waals surface area contributed by atoms with E-state index in [0.29, 0.717) is 23.0 Å². The molecule has 0 amide bonds. The van der Waals surface area contributed by atoms with Crippen molar-refractivity contribution in [2.75, 3.05) is 11.9 Å². The van der Waals surface area contributed by atoms with Crippen molar-refractivity contribution < 1.29 is 5.11 Å². The molecule has 1 aliphatic carbocycles. The third-order valence-electron chi connectivity index (χ3n) is 3.90. The fraction of sp³-hybridized carbons (Fsp3) is 0.350. The van der Waals surface area contributed by atoms with E-state index in [1.807, 2.05) is 31.2 Å². The van der Waals surface area contributed by atoms with Crippen LogP contribution in [-0.4, -0.2) is 17.4 Å². The molecule has 0 heterocycles. The van der Waals surface area contributed by atoms with Crippen LogP contribution in [0.15, 0.2) is 47.0 Å². The van der Waals surface area contributed by atoms with Crippen LogP contribution in [0.1, 0.15) is 38.3 Å². The minimum absolute atomic E-state index is 0.109. The second kappa shape index (κ2) is 7.27. The molecule has 0 bridgehead atoms. The lowest BCUT2D eigenvalue weighted by molar-refractivity contribution is 0.448. The first kappa shape index (κ1) is 18.3. The van der Waals surface area contributed by atoms with E-state index in [1.165, 1.54) is 0 Å². The Balaban J connectivity index is 2.05. The lowest BCUT2D eigenvalue weighted by Gasteiger charge is -2.23. The van der Waals surface area contributed by atoms with Crippen LogP contribution in [0, 0.1) is 12.3 Å². The van der Waals surface area contributed by atoms with Gasteiger partial charge in [-0.1, -0.05) is 50.6 Å². The molecule has 3 nitrogen and oxygen atoms in total. The molecule has 1 aromatic rings. The topological polar surface area (TPSA) is 56.1 Å². The molecule has 0 aromatic heterocycles. The third-order valence-corrected chi connectivity index (χ3v) is 4.14. The van der Waals surface area contributed by atoms with Gasteiger partial charge in [-0.25, -0.2) is 0 Å². The minimum Gasteiger partial charge on any atom is -0.505 e. The quantitative estimate of drug-likeness (QED) is 0.503. The van der Waals surface area contributed by atoms with Crippen LogP contribution in [0.3, 0.4) is 0 Å². The number of nitrogens with one attached hydrogen (secondary N) is 2. The molecule has 0 unspecified atom stereocenters. The van der Waals surface area contributed by atoms with Crippen LogP contribution in [0.2, 0.25) is 0 Å². The van der Waals surface area contributed by atoms with Crippen LogP contribution < -0.4 is 5.32 Å². The number of benzene rings is 1. The van der Waals surface area contributed by atoms with Gasteiger partial charge in [0.05, 0.1) is 11.4 Å². The van der Waals surface area contributed by atoms with Gasteiger partial charge in [-0.05, 0) is 48.1 Å². The molecule has 0 aliphatic heterocycles. The summed E-state index contributed by atoms with van der Waals surface area (Å²) < 4.78 is 0. The number of halogens is 1. The average molecular weight is 345 g/mol. The maximum Gasteiger partial charge on any atom is 0.142 e. The summed E-state index contributed by atoms with van der Waals surface area (Å²) in [4.78, 5) is 0. The van der Waals surface area contributed by atoms with Gasteiger partial charge in [0.25, 0.3) is 0 Å². The van der Waals surface area contributed by atoms with Crippen molar-refractivity contribution in [1.82, 2.24) is 0 Å². The van der Waals surface area contributed by atoms with E-state index in [-0.39, 0.29) is 5.41 Å². The first-order valence-corrected chi connectivity index (χ1v) is 8.48. The Morgan fingerprint density at radius 3 is 2.58 bits per heavy atom. The lowest BCUT2D eigenvalue weighted by Crippen LogP contribution is -2.13. The predicted molar refractivity (Wildman–Crippen MR) is 104 cm³/mol. The molecular weight excluding hydrogens is 320 g/mol. The SMILES string of the molecule is Cc1cc(NCC/C=C2/C=CC(Cl)=CC2=N)c(O)c(C(C)(C)C)c1. The van der Waals surface area contributed by atoms with Gasteiger partial charge in [-0.15, -0.1) is 0 Å². The monoisotopic (exact) mass is 344 g/mol. The summed E-state index contributed by atoms with van der Waals surface area (Å²) in [5, 5.41) is 22.3. The van der Waals surface area contributed by atoms with Crippen molar-refractivity contribution in [3.63, 3.8) is 0 Å².